The van der Waals surface area contributed by atoms with E-state index in [0.717, 1.165) is 35.7 Å². The molecule has 4 rings (SSSR count). The van der Waals surface area contributed by atoms with Crippen molar-refractivity contribution >= 4 is 16.8 Å². The van der Waals surface area contributed by atoms with Crippen molar-refractivity contribution in [2.45, 2.75) is 50.4 Å². The molecular weight excluding hydrogens is 303 g/mol. The van der Waals surface area contributed by atoms with E-state index in [9.17, 15) is 9.18 Å². The highest BCUT2D eigenvalue weighted by molar-refractivity contribution is 5.97. The zero-order valence-corrected chi connectivity index (χ0v) is 13.8. The van der Waals surface area contributed by atoms with Gasteiger partial charge in [0.1, 0.15) is 5.82 Å². The van der Waals surface area contributed by atoms with Crippen LogP contribution in [0.2, 0.25) is 0 Å². The molecule has 2 aromatic rings. The molecule has 2 aliphatic carbocycles. The monoisotopic (exact) mass is 326 g/mol. The molecule has 126 valence electrons. The Labute approximate surface area is 141 Å². The van der Waals surface area contributed by atoms with E-state index >= 15 is 0 Å². The number of carbonyl (C=O) groups excluding carboxylic acids is 1. The summed E-state index contributed by atoms with van der Waals surface area (Å²) in [6.45, 7) is 0.712. The van der Waals surface area contributed by atoms with E-state index in [4.69, 9.17) is 0 Å². The molecule has 24 heavy (non-hydrogen) atoms. The normalized spacial score (nSPS) is 19.1. The summed E-state index contributed by atoms with van der Waals surface area (Å²) in [6.07, 6.45) is 11.8. The highest BCUT2D eigenvalue weighted by atomic mass is 19.1. The number of carbonyl (C=O) groups is 1. The topological polar surface area (TPSA) is 44.9 Å². The number of hydrogen-bond donors (Lipinski definition) is 2. The lowest BCUT2D eigenvalue weighted by molar-refractivity contribution is -0.123. The number of fused-ring (bicyclic) bond motifs is 1. The third-order valence-corrected chi connectivity index (χ3v) is 5.46. The molecule has 0 radical (unpaired) electrons. The zero-order chi connectivity index (χ0) is 16.6. The van der Waals surface area contributed by atoms with Gasteiger partial charge in [0, 0.05) is 23.6 Å². The molecule has 1 amide bonds. The summed E-state index contributed by atoms with van der Waals surface area (Å²) in [7, 11) is 0. The van der Waals surface area contributed by atoms with Crippen LogP contribution in [0.5, 0.6) is 0 Å². The standard InChI is InChI=1S/C20H23FN2O/c21-15-6-7-16-17(13-23-18(16)12-15)20(9-10-20)19(24)22-11-8-14-4-2-1-3-5-14/h4,6-7,12-13,23H,1-3,5,8-11H2,(H,22,24). The van der Waals surface area contributed by atoms with Crippen molar-refractivity contribution in [2.24, 2.45) is 0 Å². The van der Waals surface area contributed by atoms with Gasteiger partial charge in [-0.2, -0.15) is 0 Å². The van der Waals surface area contributed by atoms with E-state index in [2.05, 4.69) is 16.4 Å². The Bertz CT molecular complexity index is 801. The van der Waals surface area contributed by atoms with Crippen LogP contribution in [0.15, 0.2) is 36.0 Å². The summed E-state index contributed by atoms with van der Waals surface area (Å²) in [5.74, 6) is -0.143. The van der Waals surface area contributed by atoms with E-state index in [1.54, 1.807) is 6.07 Å². The molecule has 1 aromatic carbocycles. The summed E-state index contributed by atoms with van der Waals surface area (Å²) in [5.41, 5.74) is 2.83. The van der Waals surface area contributed by atoms with Crippen LogP contribution in [-0.2, 0) is 10.2 Å². The van der Waals surface area contributed by atoms with E-state index in [1.165, 1.54) is 43.4 Å². The second kappa shape index (κ2) is 6.08. The number of H-pyrrole nitrogens is 1. The Morgan fingerprint density at radius 3 is 2.92 bits per heavy atom. The van der Waals surface area contributed by atoms with Crippen LogP contribution in [-0.4, -0.2) is 17.4 Å². The predicted molar refractivity (Wildman–Crippen MR) is 93.3 cm³/mol. The number of nitrogens with one attached hydrogen (secondary N) is 2. The van der Waals surface area contributed by atoms with Crippen LogP contribution in [0.4, 0.5) is 4.39 Å². The van der Waals surface area contributed by atoms with Crippen LogP contribution in [0, 0.1) is 5.82 Å². The maximum atomic E-state index is 13.4. The number of halogens is 1. The lowest BCUT2D eigenvalue weighted by Crippen LogP contribution is -2.35. The molecule has 4 heteroatoms. The second-order valence-corrected chi connectivity index (χ2v) is 7.09. The van der Waals surface area contributed by atoms with Gasteiger partial charge in [0.25, 0.3) is 0 Å². The van der Waals surface area contributed by atoms with Crippen LogP contribution in [0.1, 0.15) is 50.5 Å². The van der Waals surface area contributed by atoms with Crippen LogP contribution in [0.25, 0.3) is 10.9 Å². The lowest BCUT2D eigenvalue weighted by atomic mass is 9.94. The van der Waals surface area contributed by atoms with E-state index < -0.39 is 5.41 Å². The quantitative estimate of drug-likeness (QED) is 0.789. The molecule has 2 N–H and O–H groups in total. The fourth-order valence-electron chi connectivity index (χ4n) is 3.88. The smallest absolute Gasteiger partial charge is 0.230 e. The Balaban J connectivity index is 1.46. The first-order valence-corrected chi connectivity index (χ1v) is 8.92. The molecule has 1 saturated carbocycles. The highest BCUT2D eigenvalue weighted by Gasteiger charge is 2.52. The third-order valence-electron chi connectivity index (χ3n) is 5.46. The Hall–Kier alpha value is -2.10. The molecule has 2 aliphatic rings. The molecule has 0 spiro atoms. The molecule has 1 fully saturated rings. The number of rotatable bonds is 5. The number of aromatic amines is 1. The van der Waals surface area contributed by atoms with Gasteiger partial charge < -0.3 is 10.3 Å². The number of allylic oxidation sites excluding steroid dienone is 1. The maximum Gasteiger partial charge on any atom is 0.230 e. The van der Waals surface area contributed by atoms with Gasteiger partial charge in [0.2, 0.25) is 5.91 Å². The van der Waals surface area contributed by atoms with Gasteiger partial charge in [-0.1, -0.05) is 11.6 Å². The SMILES string of the molecule is O=C(NCCC1=CCCCC1)C1(c2c[nH]c3cc(F)ccc23)CC1. The molecule has 0 saturated heterocycles. The first-order valence-electron chi connectivity index (χ1n) is 8.92. The van der Waals surface area contributed by atoms with Crippen molar-refractivity contribution in [3.8, 4) is 0 Å². The lowest BCUT2D eigenvalue weighted by Gasteiger charge is -2.17. The van der Waals surface area contributed by atoms with E-state index in [-0.39, 0.29) is 11.7 Å². The highest BCUT2D eigenvalue weighted by Crippen LogP contribution is 2.50. The molecule has 1 heterocycles. The number of hydrogen-bond acceptors (Lipinski definition) is 1. The second-order valence-electron chi connectivity index (χ2n) is 7.09. The van der Waals surface area contributed by atoms with Crippen molar-refractivity contribution in [1.82, 2.24) is 10.3 Å². The first-order chi connectivity index (χ1) is 11.7. The summed E-state index contributed by atoms with van der Waals surface area (Å²) < 4.78 is 13.4. The van der Waals surface area contributed by atoms with Gasteiger partial charge in [0.05, 0.1) is 5.41 Å². The van der Waals surface area contributed by atoms with Gasteiger partial charge in [-0.3, -0.25) is 4.79 Å². The summed E-state index contributed by atoms with van der Waals surface area (Å²) in [4.78, 5) is 15.9. The van der Waals surface area contributed by atoms with Gasteiger partial charge in [-0.15, -0.1) is 0 Å². The summed E-state index contributed by atoms with van der Waals surface area (Å²) in [5, 5.41) is 4.09. The van der Waals surface area contributed by atoms with Crippen molar-refractivity contribution in [3.63, 3.8) is 0 Å². The number of benzene rings is 1. The van der Waals surface area contributed by atoms with Gasteiger partial charge >= 0.3 is 0 Å². The Morgan fingerprint density at radius 2 is 2.17 bits per heavy atom. The zero-order valence-electron chi connectivity index (χ0n) is 13.8. The number of amides is 1. The van der Waals surface area contributed by atoms with Crippen LogP contribution >= 0.6 is 0 Å². The molecule has 3 nitrogen and oxygen atoms in total. The minimum atomic E-state index is -0.420. The molecule has 0 atom stereocenters. The van der Waals surface area contributed by atoms with Crippen molar-refractivity contribution < 1.29 is 9.18 Å². The van der Waals surface area contributed by atoms with Crippen molar-refractivity contribution in [3.05, 3.63) is 47.4 Å². The van der Waals surface area contributed by atoms with Gasteiger partial charge in [0.15, 0.2) is 0 Å². The number of aromatic nitrogens is 1. The molecule has 0 aliphatic heterocycles. The van der Waals surface area contributed by atoms with E-state index in [1.807, 2.05) is 6.20 Å². The minimum absolute atomic E-state index is 0.115. The maximum absolute atomic E-state index is 13.4. The average Bonchev–Trinajstić information content (AvgIpc) is 3.30. The fourth-order valence-corrected chi connectivity index (χ4v) is 3.88. The molecule has 0 unspecified atom stereocenters. The summed E-state index contributed by atoms with van der Waals surface area (Å²) in [6, 6.07) is 4.72. The molecule has 1 aromatic heterocycles. The third kappa shape index (κ3) is 2.74. The largest absolute Gasteiger partial charge is 0.361 e. The first kappa shape index (κ1) is 15.4. The van der Waals surface area contributed by atoms with Crippen LogP contribution in [0.3, 0.4) is 0 Å². The van der Waals surface area contributed by atoms with Crippen molar-refractivity contribution in [2.75, 3.05) is 6.54 Å². The molecular formula is C20H23FN2O. The van der Waals surface area contributed by atoms with Gasteiger partial charge in [-0.05, 0) is 68.7 Å². The average molecular weight is 326 g/mol. The molecule has 0 bridgehead atoms. The van der Waals surface area contributed by atoms with Crippen molar-refractivity contribution in [1.29, 1.82) is 0 Å². The fraction of sp³-hybridized carbons (Fsp3) is 0.450. The Morgan fingerprint density at radius 1 is 1.29 bits per heavy atom. The Kier molecular flexibility index (Phi) is 3.91. The van der Waals surface area contributed by atoms with E-state index in [0.29, 0.717) is 6.54 Å². The minimum Gasteiger partial charge on any atom is -0.361 e. The van der Waals surface area contributed by atoms with Gasteiger partial charge in [-0.25, -0.2) is 4.39 Å². The summed E-state index contributed by atoms with van der Waals surface area (Å²) >= 11 is 0. The van der Waals surface area contributed by atoms with Crippen LogP contribution < -0.4 is 5.32 Å². The predicted octanol–water partition coefficient (Wildman–Crippen LogP) is 4.35.